The minimum atomic E-state index is -4.83. The molecule has 1 amide bonds. The number of carbonyl (C=O) groups excluding carboxylic acids is 1. The van der Waals surface area contributed by atoms with Gasteiger partial charge in [-0.05, 0) is 49.2 Å². The van der Waals surface area contributed by atoms with E-state index in [1.54, 1.807) is 18.2 Å². The van der Waals surface area contributed by atoms with Crippen LogP contribution in [0.4, 0.5) is 13.2 Å². The molecule has 1 N–H and O–H groups in total. The molecule has 31 heavy (non-hydrogen) atoms. The topological polar surface area (TPSA) is 90.3 Å². The highest BCUT2D eigenvalue weighted by Gasteiger charge is 2.38. The first-order valence-electron chi connectivity index (χ1n) is 9.20. The van der Waals surface area contributed by atoms with Crippen LogP contribution in [0.5, 0.6) is 0 Å². The van der Waals surface area contributed by atoms with Crippen molar-refractivity contribution >= 4 is 31.9 Å². The molecule has 164 valence electrons. The lowest BCUT2D eigenvalue weighted by atomic mass is 10.0. The van der Waals surface area contributed by atoms with E-state index in [0.29, 0.717) is 11.1 Å². The van der Waals surface area contributed by atoms with Crippen LogP contribution < -0.4 is 4.72 Å². The van der Waals surface area contributed by atoms with Gasteiger partial charge in [0, 0.05) is 29.2 Å². The average molecular weight is 516 g/mol. The van der Waals surface area contributed by atoms with Crippen molar-refractivity contribution in [2.45, 2.75) is 30.0 Å². The summed E-state index contributed by atoms with van der Waals surface area (Å²) >= 11 is 2.93. The van der Waals surface area contributed by atoms with E-state index in [2.05, 4.69) is 20.7 Å². The van der Waals surface area contributed by atoms with Crippen LogP contribution in [0.3, 0.4) is 0 Å². The van der Waals surface area contributed by atoms with Crippen molar-refractivity contribution in [3.63, 3.8) is 0 Å². The van der Waals surface area contributed by atoms with Crippen LogP contribution in [0.25, 0.3) is 0 Å². The number of rotatable bonds is 4. The molecule has 0 radical (unpaired) electrons. The summed E-state index contributed by atoms with van der Waals surface area (Å²) in [5.74, 6) is -0.286. The SMILES string of the molecule is N#Cc1cccc(C(=O)N2CCC(NS(=O)(=O)c3ccc(Br)cc3C(F)(F)F)CC2)c1. The Hall–Kier alpha value is -2.42. The van der Waals surface area contributed by atoms with E-state index in [9.17, 15) is 26.4 Å². The molecule has 0 aliphatic carbocycles. The van der Waals surface area contributed by atoms with Gasteiger partial charge in [0.15, 0.2) is 0 Å². The summed E-state index contributed by atoms with van der Waals surface area (Å²) in [4.78, 5) is 13.3. The van der Waals surface area contributed by atoms with Gasteiger partial charge in [0.05, 0.1) is 22.1 Å². The first kappa shape index (κ1) is 23.2. The quantitative estimate of drug-likeness (QED) is 0.667. The molecule has 11 heteroatoms. The lowest BCUT2D eigenvalue weighted by Crippen LogP contribution is -2.46. The van der Waals surface area contributed by atoms with Gasteiger partial charge in [-0.1, -0.05) is 22.0 Å². The molecule has 6 nitrogen and oxygen atoms in total. The molecule has 2 aromatic rings. The van der Waals surface area contributed by atoms with E-state index in [-0.39, 0.29) is 36.3 Å². The fraction of sp³-hybridized carbons (Fsp3) is 0.300. The molecular weight excluding hydrogens is 499 g/mol. The molecule has 0 aromatic heterocycles. The van der Waals surface area contributed by atoms with Crippen molar-refractivity contribution in [2.24, 2.45) is 0 Å². The van der Waals surface area contributed by atoms with Crippen LogP contribution in [0.1, 0.15) is 34.3 Å². The summed E-state index contributed by atoms with van der Waals surface area (Å²) in [6, 6.07) is 10.5. The minimum absolute atomic E-state index is 0.117. The van der Waals surface area contributed by atoms with Crippen molar-refractivity contribution in [3.8, 4) is 6.07 Å². The van der Waals surface area contributed by atoms with Gasteiger partial charge >= 0.3 is 6.18 Å². The molecule has 1 aliphatic heterocycles. The number of likely N-dealkylation sites (tertiary alicyclic amines) is 1. The molecule has 0 atom stereocenters. The fourth-order valence-electron chi connectivity index (χ4n) is 3.35. The minimum Gasteiger partial charge on any atom is -0.339 e. The number of sulfonamides is 1. The van der Waals surface area contributed by atoms with E-state index < -0.39 is 32.7 Å². The normalized spacial score (nSPS) is 15.5. The van der Waals surface area contributed by atoms with E-state index in [0.717, 1.165) is 12.1 Å². The van der Waals surface area contributed by atoms with Gasteiger partial charge in [-0.2, -0.15) is 18.4 Å². The summed E-state index contributed by atoms with van der Waals surface area (Å²) in [5, 5.41) is 8.96. The molecule has 1 aliphatic rings. The molecule has 1 saturated heterocycles. The molecular formula is C20H17BrF3N3O3S. The van der Waals surface area contributed by atoms with Crippen LogP contribution in [-0.2, 0) is 16.2 Å². The number of hydrogen-bond acceptors (Lipinski definition) is 4. The second-order valence-electron chi connectivity index (χ2n) is 7.02. The fourth-order valence-corrected chi connectivity index (χ4v) is 5.22. The predicted molar refractivity (Wildman–Crippen MR) is 110 cm³/mol. The number of alkyl halides is 3. The third-order valence-electron chi connectivity index (χ3n) is 4.88. The lowest BCUT2D eigenvalue weighted by Gasteiger charge is -2.32. The summed E-state index contributed by atoms with van der Waals surface area (Å²) in [6.45, 7) is 0.463. The smallest absolute Gasteiger partial charge is 0.339 e. The van der Waals surface area contributed by atoms with Gasteiger partial charge < -0.3 is 4.90 Å². The molecule has 0 unspecified atom stereocenters. The van der Waals surface area contributed by atoms with Crippen LogP contribution in [0.15, 0.2) is 51.8 Å². The maximum absolute atomic E-state index is 13.3. The standard InChI is InChI=1S/C20H17BrF3N3O3S/c21-15-4-5-18(17(11-15)20(22,23)24)31(29,30)26-16-6-8-27(9-7-16)19(28)14-3-1-2-13(10-14)12-25/h1-5,10-11,16,26H,6-9H2. The Labute approximate surface area is 185 Å². The van der Waals surface area contributed by atoms with Gasteiger partial charge in [-0.15, -0.1) is 0 Å². The van der Waals surface area contributed by atoms with Gasteiger partial charge in [0.25, 0.3) is 5.91 Å². The number of benzene rings is 2. The average Bonchev–Trinajstić information content (AvgIpc) is 2.72. The van der Waals surface area contributed by atoms with Gasteiger partial charge in [-0.3, -0.25) is 4.79 Å². The number of nitrogens with zero attached hydrogens (tertiary/aromatic N) is 2. The number of carbonyl (C=O) groups is 1. The second kappa shape index (κ2) is 8.98. The zero-order valence-corrected chi connectivity index (χ0v) is 18.4. The molecule has 0 spiro atoms. The third-order valence-corrected chi connectivity index (χ3v) is 6.95. The first-order valence-corrected chi connectivity index (χ1v) is 11.5. The summed E-state index contributed by atoms with van der Waals surface area (Å²) in [6.07, 6.45) is -4.33. The Morgan fingerprint density at radius 2 is 1.84 bits per heavy atom. The highest BCUT2D eigenvalue weighted by molar-refractivity contribution is 9.10. The Morgan fingerprint density at radius 1 is 1.16 bits per heavy atom. The monoisotopic (exact) mass is 515 g/mol. The predicted octanol–water partition coefficient (Wildman–Crippen LogP) is 3.92. The Balaban J connectivity index is 1.70. The number of amides is 1. The zero-order valence-electron chi connectivity index (χ0n) is 16.0. The van der Waals surface area contributed by atoms with Gasteiger partial charge in [0.2, 0.25) is 10.0 Å². The van der Waals surface area contributed by atoms with Crippen molar-refractivity contribution in [2.75, 3.05) is 13.1 Å². The highest BCUT2D eigenvalue weighted by atomic mass is 79.9. The third kappa shape index (κ3) is 5.44. The number of halogens is 4. The molecule has 0 saturated carbocycles. The Kier molecular flexibility index (Phi) is 6.73. The van der Waals surface area contributed by atoms with Gasteiger partial charge in [-0.25, -0.2) is 13.1 Å². The van der Waals surface area contributed by atoms with E-state index in [1.807, 2.05) is 6.07 Å². The molecule has 0 bridgehead atoms. The van der Waals surface area contributed by atoms with Crippen molar-refractivity contribution in [3.05, 3.63) is 63.6 Å². The second-order valence-corrected chi connectivity index (χ2v) is 9.62. The van der Waals surface area contributed by atoms with Crippen molar-refractivity contribution in [1.82, 2.24) is 9.62 Å². The zero-order chi connectivity index (χ0) is 22.8. The first-order chi connectivity index (χ1) is 14.5. The Morgan fingerprint density at radius 3 is 2.45 bits per heavy atom. The lowest BCUT2D eigenvalue weighted by molar-refractivity contribution is -0.139. The summed E-state index contributed by atoms with van der Waals surface area (Å²) < 4.78 is 67.7. The van der Waals surface area contributed by atoms with Crippen LogP contribution in [-0.4, -0.2) is 38.4 Å². The largest absolute Gasteiger partial charge is 0.417 e. The van der Waals surface area contributed by atoms with Crippen LogP contribution in [0.2, 0.25) is 0 Å². The van der Waals surface area contributed by atoms with Crippen molar-refractivity contribution in [1.29, 1.82) is 5.26 Å². The van der Waals surface area contributed by atoms with E-state index in [4.69, 9.17) is 5.26 Å². The molecule has 2 aromatic carbocycles. The van der Waals surface area contributed by atoms with Crippen LogP contribution in [0, 0.1) is 11.3 Å². The van der Waals surface area contributed by atoms with E-state index in [1.165, 1.54) is 17.0 Å². The van der Waals surface area contributed by atoms with Crippen LogP contribution >= 0.6 is 15.9 Å². The molecule has 1 heterocycles. The maximum Gasteiger partial charge on any atom is 0.417 e. The van der Waals surface area contributed by atoms with E-state index >= 15 is 0 Å². The maximum atomic E-state index is 13.3. The number of piperidine rings is 1. The number of nitrogens with one attached hydrogen (secondary N) is 1. The number of hydrogen-bond donors (Lipinski definition) is 1. The molecule has 3 rings (SSSR count). The Bertz CT molecular complexity index is 1140. The number of nitriles is 1. The molecule has 1 fully saturated rings. The highest BCUT2D eigenvalue weighted by Crippen LogP contribution is 2.36. The van der Waals surface area contributed by atoms with Crippen molar-refractivity contribution < 1.29 is 26.4 Å². The van der Waals surface area contributed by atoms with Gasteiger partial charge in [0.1, 0.15) is 0 Å². The summed E-state index contributed by atoms with van der Waals surface area (Å²) in [7, 11) is -4.42. The summed E-state index contributed by atoms with van der Waals surface area (Å²) in [5.41, 5.74) is -0.550.